The highest BCUT2D eigenvalue weighted by Crippen LogP contribution is 2.33. The van der Waals surface area contributed by atoms with Crippen molar-refractivity contribution in [2.75, 3.05) is 25.4 Å². The molecule has 1 aliphatic rings. The normalized spacial score (nSPS) is 16.1. The number of ether oxygens (including phenoxy) is 1. The minimum Gasteiger partial charge on any atom is -0.465 e. The number of rotatable bonds is 3. The molecule has 0 saturated carbocycles. The molecule has 1 aliphatic heterocycles. The standard InChI is InChI=1S/C13H19N3O4/c1-2-20-12(17)11-10(14)9(7-15-11)8-3-5-16(6-4-8)13(18)19/h7-8,15H,2-6,14H2,1H3,(H,18,19). The number of nitrogens with zero attached hydrogens (tertiary/aromatic N) is 1. The molecule has 0 aliphatic carbocycles. The number of esters is 1. The molecule has 1 aromatic heterocycles. The summed E-state index contributed by atoms with van der Waals surface area (Å²) in [6, 6.07) is 0. The highest BCUT2D eigenvalue weighted by atomic mass is 16.5. The van der Waals surface area contributed by atoms with Crippen LogP contribution in [0.25, 0.3) is 0 Å². The number of carbonyl (C=O) groups excluding carboxylic acids is 1. The first-order chi connectivity index (χ1) is 9.54. The third-order valence-corrected chi connectivity index (χ3v) is 3.64. The Balaban J connectivity index is 2.08. The van der Waals surface area contributed by atoms with Crippen LogP contribution in [0, 0.1) is 0 Å². The number of H-pyrrole nitrogens is 1. The predicted molar refractivity (Wildman–Crippen MR) is 72.7 cm³/mol. The van der Waals surface area contributed by atoms with E-state index in [1.54, 1.807) is 13.1 Å². The molecule has 4 N–H and O–H groups in total. The zero-order valence-corrected chi connectivity index (χ0v) is 11.4. The van der Waals surface area contributed by atoms with Crippen molar-refractivity contribution >= 4 is 17.7 Å². The molecule has 0 bridgehead atoms. The van der Waals surface area contributed by atoms with E-state index in [-0.39, 0.29) is 11.6 Å². The van der Waals surface area contributed by atoms with E-state index >= 15 is 0 Å². The van der Waals surface area contributed by atoms with Crippen molar-refractivity contribution in [2.45, 2.75) is 25.7 Å². The summed E-state index contributed by atoms with van der Waals surface area (Å²) in [5.41, 5.74) is 7.57. The lowest BCUT2D eigenvalue weighted by atomic mass is 9.90. The van der Waals surface area contributed by atoms with E-state index in [9.17, 15) is 9.59 Å². The van der Waals surface area contributed by atoms with E-state index in [0.717, 1.165) is 5.56 Å². The fourth-order valence-electron chi connectivity index (χ4n) is 2.54. The van der Waals surface area contributed by atoms with Crippen molar-refractivity contribution in [3.63, 3.8) is 0 Å². The quantitative estimate of drug-likeness (QED) is 0.730. The average molecular weight is 281 g/mol. The van der Waals surface area contributed by atoms with Gasteiger partial charge in [-0.25, -0.2) is 9.59 Å². The zero-order chi connectivity index (χ0) is 14.7. The molecule has 0 spiro atoms. The molecule has 2 rings (SSSR count). The van der Waals surface area contributed by atoms with Crippen LogP contribution in [0.15, 0.2) is 6.20 Å². The van der Waals surface area contributed by atoms with E-state index in [1.807, 2.05) is 0 Å². The van der Waals surface area contributed by atoms with Crippen LogP contribution in [-0.4, -0.2) is 46.7 Å². The number of nitrogens with two attached hydrogens (primary N) is 1. The van der Waals surface area contributed by atoms with Gasteiger partial charge in [0, 0.05) is 19.3 Å². The largest absolute Gasteiger partial charge is 0.465 e. The molecule has 7 heteroatoms. The third-order valence-electron chi connectivity index (χ3n) is 3.64. The maximum absolute atomic E-state index is 11.7. The van der Waals surface area contributed by atoms with Crippen molar-refractivity contribution in [2.24, 2.45) is 0 Å². The number of carbonyl (C=O) groups is 2. The van der Waals surface area contributed by atoms with Gasteiger partial charge in [-0.05, 0) is 31.2 Å². The van der Waals surface area contributed by atoms with E-state index in [1.165, 1.54) is 4.90 Å². The summed E-state index contributed by atoms with van der Waals surface area (Å²) < 4.78 is 4.92. The number of amides is 1. The minimum absolute atomic E-state index is 0.171. The van der Waals surface area contributed by atoms with E-state index in [0.29, 0.717) is 38.2 Å². The van der Waals surface area contributed by atoms with Gasteiger partial charge in [0.15, 0.2) is 0 Å². The van der Waals surface area contributed by atoms with Crippen molar-refractivity contribution in [1.82, 2.24) is 9.88 Å². The van der Waals surface area contributed by atoms with Gasteiger partial charge in [0.2, 0.25) is 0 Å². The van der Waals surface area contributed by atoms with Gasteiger partial charge in [-0.3, -0.25) is 0 Å². The molecule has 2 heterocycles. The van der Waals surface area contributed by atoms with Gasteiger partial charge in [-0.2, -0.15) is 0 Å². The van der Waals surface area contributed by atoms with Crippen molar-refractivity contribution in [3.8, 4) is 0 Å². The molecule has 1 amide bonds. The minimum atomic E-state index is -0.891. The molecule has 1 aromatic rings. The van der Waals surface area contributed by atoms with E-state index < -0.39 is 12.1 Å². The van der Waals surface area contributed by atoms with Gasteiger partial charge >= 0.3 is 12.1 Å². The predicted octanol–water partition coefficient (Wildman–Crippen LogP) is 1.63. The topological polar surface area (TPSA) is 109 Å². The van der Waals surface area contributed by atoms with Crippen molar-refractivity contribution < 1.29 is 19.4 Å². The lowest BCUT2D eigenvalue weighted by molar-refractivity contribution is 0.0521. The molecular formula is C13H19N3O4. The second-order valence-electron chi connectivity index (χ2n) is 4.80. The molecule has 110 valence electrons. The number of carboxylic acid groups (broad SMARTS) is 1. The van der Waals surface area contributed by atoms with Crippen LogP contribution in [-0.2, 0) is 4.74 Å². The number of nitrogens with one attached hydrogen (secondary N) is 1. The molecule has 0 aromatic carbocycles. The Hall–Kier alpha value is -2.18. The van der Waals surface area contributed by atoms with Crippen LogP contribution in [0.4, 0.5) is 10.5 Å². The molecule has 1 fully saturated rings. The number of aromatic amines is 1. The highest BCUT2D eigenvalue weighted by molar-refractivity contribution is 5.94. The second-order valence-corrected chi connectivity index (χ2v) is 4.80. The maximum atomic E-state index is 11.7. The molecule has 0 atom stereocenters. The lowest BCUT2D eigenvalue weighted by Crippen LogP contribution is -2.36. The summed E-state index contributed by atoms with van der Waals surface area (Å²) in [5, 5.41) is 8.92. The number of hydrogen-bond donors (Lipinski definition) is 3. The van der Waals surface area contributed by atoms with Crippen LogP contribution in [0.1, 0.15) is 41.7 Å². The SMILES string of the molecule is CCOC(=O)c1[nH]cc(C2CCN(C(=O)O)CC2)c1N. The zero-order valence-electron chi connectivity index (χ0n) is 11.4. The summed E-state index contributed by atoms with van der Waals surface area (Å²) >= 11 is 0. The summed E-state index contributed by atoms with van der Waals surface area (Å²) in [6.45, 7) is 3.00. The van der Waals surface area contributed by atoms with Crippen molar-refractivity contribution in [1.29, 1.82) is 0 Å². The van der Waals surface area contributed by atoms with Crippen LogP contribution in [0.2, 0.25) is 0 Å². The van der Waals surface area contributed by atoms with Gasteiger partial charge in [0.25, 0.3) is 0 Å². The van der Waals surface area contributed by atoms with Gasteiger partial charge in [-0.15, -0.1) is 0 Å². The molecule has 1 saturated heterocycles. The first-order valence-electron chi connectivity index (χ1n) is 6.66. The smallest absolute Gasteiger partial charge is 0.407 e. The third kappa shape index (κ3) is 2.71. The molecule has 0 unspecified atom stereocenters. The van der Waals surface area contributed by atoms with E-state index in [2.05, 4.69) is 4.98 Å². The Bertz CT molecular complexity index is 504. The number of aromatic nitrogens is 1. The number of piperidine rings is 1. The summed E-state index contributed by atoms with van der Waals surface area (Å²) in [4.78, 5) is 26.8. The lowest BCUT2D eigenvalue weighted by Gasteiger charge is -2.29. The van der Waals surface area contributed by atoms with Crippen LogP contribution in [0.5, 0.6) is 0 Å². The molecule has 20 heavy (non-hydrogen) atoms. The van der Waals surface area contributed by atoms with Crippen LogP contribution >= 0.6 is 0 Å². The Morgan fingerprint density at radius 1 is 1.50 bits per heavy atom. The van der Waals surface area contributed by atoms with Gasteiger partial charge in [-0.1, -0.05) is 0 Å². The Labute approximate surface area is 116 Å². The summed E-state index contributed by atoms with van der Waals surface area (Å²) in [6.07, 6.45) is 2.24. The van der Waals surface area contributed by atoms with Crippen molar-refractivity contribution in [3.05, 3.63) is 17.5 Å². The first kappa shape index (κ1) is 14.2. The summed E-state index contributed by atoms with van der Waals surface area (Å²) in [5.74, 6) is -0.288. The summed E-state index contributed by atoms with van der Waals surface area (Å²) in [7, 11) is 0. The average Bonchev–Trinajstić information content (AvgIpc) is 2.81. The molecular weight excluding hydrogens is 262 g/mol. The maximum Gasteiger partial charge on any atom is 0.407 e. The Morgan fingerprint density at radius 3 is 2.70 bits per heavy atom. The number of likely N-dealkylation sites (tertiary alicyclic amines) is 1. The first-order valence-corrected chi connectivity index (χ1v) is 6.66. The van der Waals surface area contributed by atoms with Crippen LogP contribution < -0.4 is 5.73 Å². The highest BCUT2D eigenvalue weighted by Gasteiger charge is 2.27. The fourth-order valence-corrected chi connectivity index (χ4v) is 2.54. The number of hydrogen-bond acceptors (Lipinski definition) is 4. The van der Waals surface area contributed by atoms with Gasteiger partial charge in [0.1, 0.15) is 5.69 Å². The van der Waals surface area contributed by atoms with Crippen LogP contribution in [0.3, 0.4) is 0 Å². The Morgan fingerprint density at radius 2 is 2.15 bits per heavy atom. The molecule has 0 radical (unpaired) electrons. The fraction of sp³-hybridized carbons (Fsp3) is 0.538. The second kappa shape index (κ2) is 5.85. The van der Waals surface area contributed by atoms with Gasteiger partial charge in [0.05, 0.1) is 12.3 Å². The van der Waals surface area contributed by atoms with Gasteiger partial charge < -0.3 is 25.5 Å². The van der Waals surface area contributed by atoms with E-state index in [4.69, 9.17) is 15.6 Å². The Kier molecular flexibility index (Phi) is 4.16. The molecule has 7 nitrogen and oxygen atoms in total. The number of anilines is 1. The monoisotopic (exact) mass is 281 g/mol. The number of nitrogen functional groups attached to an aromatic ring is 1.